The molecule has 0 N–H and O–H groups in total. The second-order valence-corrected chi connectivity index (χ2v) is 9.05. The van der Waals surface area contributed by atoms with Crippen LogP contribution in [0.15, 0.2) is 42.5 Å². The lowest BCUT2D eigenvalue weighted by Crippen LogP contribution is -2.49. The first-order chi connectivity index (χ1) is 18.0. The van der Waals surface area contributed by atoms with E-state index >= 15 is 0 Å². The van der Waals surface area contributed by atoms with Crippen LogP contribution in [0.5, 0.6) is 17.2 Å². The third-order valence-corrected chi connectivity index (χ3v) is 6.42. The third-order valence-electron chi connectivity index (χ3n) is 6.42. The molecule has 1 heterocycles. The highest BCUT2D eigenvalue weighted by molar-refractivity contribution is 5.94. The highest BCUT2D eigenvalue weighted by Gasteiger charge is 2.28. The standard InChI is InChI=1S/C28H39N3O6/c1-34-15-7-12-30-14-13-29(20-23-17-25(36-3)19-26(18-23)37-4)11-6-10-27(32)31(28(30)33)21-22-8-5-9-24(16-22)35-2/h5,8-9,16-19H,6-7,10-15,20-21H2,1-4H3. The molecule has 3 rings (SSSR count). The van der Waals surface area contributed by atoms with Crippen molar-refractivity contribution in [1.29, 1.82) is 0 Å². The summed E-state index contributed by atoms with van der Waals surface area (Å²) < 4.78 is 21.4. The summed E-state index contributed by atoms with van der Waals surface area (Å²) in [6.45, 7) is 3.85. The van der Waals surface area contributed by atoms with E-state index in [1.54, 1.807) is 33.3 Å². The summed E-state index contributed by atoms with van der Waals surface area (Å²) in [5.41, 5.74) is 1.90. The van der Waals surface area contributed by atoms with Gasteiger partial charge in [-0.25, -0.2) is 4.79 Å². The zero-order chi connectivity index (χ0) is 26.6. The van der Waals surface area contributed by atoms with E-state index in [2.05, 4.69) is 4.90 Å². The molecule has 1 aliphatic heterocycles. The Morgan fingerprint density at radius 3 is 2.16 bits per heavy atom. The average Bonchev–Trinajstić information content (AvgIpc) is 2.92. The largest absolute Gasteiger partial charge is 0.497 e. The van der Waals surface area contributed by atoms with Crippen LogP contribution >= 0.6 is 0 Å². The van der Waals surface area contributed by atoms with Crippen LogP contribution < -0.4 is 14.2 Å². The van der Waals surface area contributed by atoms with E-state index in [4.69, 9.17) is 18.9 Å². The molecule has 37 heavy (non-hydrogen) atoms. The molecule has 0 unspecified atom stereocenters. The van der Waals surface area contributed by atoms with E-state index in [-0.39, 0.29) is 18.5 Å². The smallest absolute Gasteiger partial charge is 0.327 e. The van der Waals surface area contributed by atoms with Gasteiger partial charge in [0.05, 0.1) is 27.9 Å². The zero-order valence-electron chi connectivity index (χ0n) is 22.4. The van der Waals surface area contributed by atoms with E-state index < -0.39 is 0 Å². The quantitative estimate of drug-likeness (QED) is 0.423. The van der Waals surface area contributed by atoms with Crippen molar-refractivity contribution < 1.29 is 28.5 Å². The normalized spacial score (nSPS) is 15.6. The Morgan fingerprint density at radius 1 is 0.784 bits per heavy atom. The monoisotopic (exact) mass is 513 g/mol. The lowest BCUT2D eigenvalue weighted by Gasteiger charge is -2.33. The van der Waals surface area contributed by atoms with Gasteiger partial charge in [-0.15, -0.1) is 0 Å². The Balaban J connectivity index is 1.79. The van der Waals surface area contributed by atoms with Gasteiger partial charge in [0.1, 0.15) is 17.2 Å². The molecular formula is C28H39N3O6. The molecule has 2 aromatic carbocycles. The fraction of sp³-hybridized carbons (Fsp3) is 0.500. The molecule has 0 saturated carbocycles. The molecular weight excluding hydrogens is 474 g/mol. The molecule has 1 fully saturated rings. The van der Waals surface area contributed by atoms with Gasteiger partial charge < -0.3 is 23.8 Å². The van der Waals surface area contributed by atoms with E-state index in [0.717, 1.165) is 29.2 Å². The fourth-order valence-electron chi connectivity index (χ4n) is 4.43. The lowest BCUT2D eigenvalue weighted by molar-refractivity contribution is -0.129. The van der Waals surface area contributed by atoms with Crippen molar-refractivity contribution in [2.75, 3.05) is 61.2 Å². The number of urea groups is 1. The van der Waals surface area contributed by atoms with Crippen LogP contribution in [0, 0.1) is 0 Å². The van der Waals surface area contributed by atoms with Crippen molar-refractivity contribution in [1.82, 2.24) is 14.7 Å². The number of carbonyl (C=O) groups excluding carboxylic acids is 2. The van der Waals surface area contributed by atoms with Crippen molar-refractivity contribution in [3.05, 3.63) is 53.6 Å². The minimum atomic E-state index is -0.270. The van der Waals surface area contributed by atoms with E-state index in [9.17, 15) is 9.59 Å². The number of methoxy groups -OCH3 is 4. The minimum Gasteiger partial charge on any atom is -0.497 e. The number of rotatable bonds is 11. The van der Waals surface area contributed by atoms with Crippen LogP contribution in [0.1, 0.15) is 30.4 Å². The van der Waals surface area contributed by atoms with Gasteiger partial charge in [-0.3, -0.25) is 14.6 Å². The maximum Gasteiger partial charge on any atom is 0.327 e. The Labute approximate surface area is 219 Å². The number of imide groups is 1. The second-order valence-electron chi connectivity index (χ2n) is 9.05. The molecule has 3 amide bonds. The summed E-state index contributed by atoms with van der Waals surface area (Å²) in [5.74, 6) is 1.99. The van der Waals surface area contributed by atoms with Gasteiger partial charge in [0.25, 0.3) is 0 Å². The molecule has 9 nitrogen and oxygen atoms in total. The number of nitrogens with zero attached hydrogens (tertiary/aromatic N) is 3. The van der Waals surface area contributed by atoms with Gasteiger partial charge in [-0.05, 0) is 54.8 Å². The van der Waals surface area contributed by atoms with Crippen LogP contribution in [0.4, 0.5) is 4.79 Å². The summed E-state index contributed by atoms with van der Waals surface area (Å²) in [5, 5.41) is 0. The SMILES string of the molecule is COCCCN1CCN(Cc2cc(OC)cc(OC)c2)CCCC(=O)N(Cc2cccc(OC)c2)C1=O. The molecule has 9 heteroatoms. The van der Waals surface area contributed by atoms with Gasteiger partial charge in [-0.1, -0.05) is 12.1 Å². The van der Waals surface area contributed by atoms with Gasteiger partial charge in [0.2, 0.25) is 5.91 Å². The van der Waals surface area contributed by atoms with Crippen LogP contribution in [-0.4, -0.2) is 87.9 Å². The van der Waals surface area contributed by atoms with Crippen LogP contribution in [0.2, 0.25) is 0 Å². The zero-order valence-corrected chi connectivity index (χ0v) is 22.4. The average molecular weight is 514 g/mol. The van der Waals surface area contributed by atoms with Crippen molar-refractivity contribution >= 4 is 11.9 Å². The van der Waals surface area contributed by atoms with Crippen LogP contribution in [-0.2, 0) is 22.6 Å². The summed E-state index contributed by atoms with van der Waals surface area (Å²) in [7, 11) is 6.51. The van der Waals surface area contributed by atoms with Gasteiger partial charge in [0.15, 0.2) is 0 Å². The predicted octanol–water partition coefficient (Wildman–Crippen LogP) is 3.80. The molecule has 202 valence electrons. The molecule has 2 aromatic rings. The Bertz CT molecular complexity index is 1010. The third kappa shape index (κ3) is 8.36. The van der Waals surface area contributed by atoms with E-state index in [1.807, 2.05) is 42.5 Å². The molecule has 0 aliphatic carbocycles. The van der Waals surface area contributed by atoms with Crippen LogP contribution in [0.3, 0.4) is 0 Å². The van der Waals surface area contributed by atoms with Gasteiger partial charge >= 0.3 is 6.03 Å². The summed E-state index contributed by atoms with van der Waals surface area (Å²) in [6.07, 6.45) is 1.64. The van der Waals surface area contributed by atoms with Crippen molar-refractivity contribution in [2.24, 2.45) is 0 Å². The van der Waals surface area contributed by atoms with Crippen LogP contribution in [0.25, 0.3) is 0 Å². The summed E-state index contributed by atoms with van der Waals surface area (Å²) >= 11 is 0. The first-order valence-corrected chi connectivity index (χ1v) is 12.6. The Hall–Kier alpha value is -3.30. The lowest BCUT2D eigenvalue weighted by atomic mass is 10.1. The Kier molecular flexibility index (Phi) is 11.0. The molecule has 1 aliphatic rings. The molecule has 1 saturated heterocycles. The van der Waals surface area contributed by atoms with E-state index in [0.29, 0.717) is 57.8 Å². The number of carbonyl (C=O) groups is 2. The Morgan fingerprint density at radius 2 is 1.49 bits per heavy atom. The maximum atomic E-state index is 13.7. The highest BCUT2D eigenvalue weighted by atomic mass is 16.5. The summed E-state index contributed by atoms with van der Waals surface area (Å²) in [4.78, 5) is 32.4. The number of hydrogen-bond acceptors (Lipinski definition) is 7. The molecule has 0 atom stereocenters. The predicted molar refractivity (Wildman–Crippen MR) is 141 cm³/mol. The minimum absolute atomic E-state index is 0.172. The topological polar surface area (TPSA) is 80.8 Å². The van der Waals surface area contributed by atoms with Crippen molar-refractivity contribution in [2.45, 2.75) is 32.4 Å². The first kappa shape index (κ1) is 28.3. The highest BCUT2D eigenvalue weighted by Crippen LogP contribution is 2.24. The number of ether oxygens (including phenoxy) is 4. The number of benzene rings is 2. The summed E-state index contributed by atoms with van der Waals surface area (Å²) in [6, 6.07) is 13.0. The van der Waals surface area contributed by atoms with E-state index in [1.165, 1.54) is 4.90 Å². The van der Waals surface area contributed by atoms with Gasteiger partial charge in [-0.2, -0.15) is 0 Å². The second kappa shape index (κ2) is 14.4. The van der Waals surface area contributed by atoms with Gasteiger partial charge in [0, 0.05) is 52.4 Å². The first-order valence-electron chi connectivity index (χ1n) is 12.6. The molecule has 0 bridgehead atoms. The van der Waals surface area contributed by atoms with Crippen molar-refractivity contribution in [3.63, 3.8) is 0 Å². The number of amides is 3. The molecule has 0 spiro atoms. The molecule has 0 radical (unpaired) electrons. The van der Waals surface area contributed by atoms with Crippen molar-refractivity contribution in [3.8, 4) is 17.2 Å². The number of hydrogen-bond donors (Lipinski definition) is 0. The fourth-order valence-corrected chi connectivity index (χ4v) is 4.43. The maximum absolute atomic E-state index is 13.7. The molecule has 0 aromatic heterocycles.